The normalized spacial score (nSPS) is 20.2. The summed E-state index contributed by atoms with van der Waals surface area (Å²) in [6, 6.07) is -0.867. The second-order valence-electron chi connectivity index (χ2n) is 3.40. The van der Waals surface area contributed by atoms with Crippen LogP contribution in [0.4, 0.5) is 4.79 Å². The van der Waals surface area contributed by atoms with Gasteiger partial charge in [0.15, 0.2) is 0 Å². The number of nitrogens with zero attached hydrogens (tertiary/aromatic N) is 2. The van der Waals surface area contributed by atoms with Crippen LogP contribution in [0.3, 0.4) is 0 Å². The van der Waals surface area contributed by atoms with Gasteiger partial charge in [-0.15, -0.1) is 4.72 Å². The zero-order chi connectivity index (χ0) is 12.4. The largest absolute Gasteiger partial charge is 0.588 e. The van der Waals surface area contributed by atoms with Gasteiger partial charge in [0, 0.05) is 7.11 Å². The molecule has 2 amide bonds. The number of primary amides is 1. The molecule has 9 heteroatoms. The maximum Gasteiger partial charge on any atom is 0.353 e. The molecule has 2 atom stereocenters. The summed E-state index contributed by atoms with van der Waals surface area (Å²) < 4.78 is 25.8. The van der Waals surface area contributed by atoms with Crippen LogP contribution in [-0.2, 0) is 22.6 Å². The van der Waals surface area contributed by atoms with Crippen molar-refractivity contribution in [3.63, 3.8) is 0 Å². The molecule has 0 aromatic carbocycles. The van der Waals surface area contributed by atoms with E-state index >= 15 is 0 Å². The van der Waals surface area contributed by atoms with Crippen LogP contribution in [0.15, 0.2) is 11.1 Å². The highest BCUT2D eigenvalue weighted by Gasteiger charge is 2.30. The molecule has 1 aliphatic rings. The Bertz CT molecular complexity index is 424. The minimum atomic E-state index is -1.76. The van der Waals surface area contributed by atoms with Gasteiger partial charge in [0.25, 0.3) is 10.8 Å². The lowest BCUT2D eigenvalue weighted by atomic mass is 10.3. The van der Waals surface area contributed by atoms with Crippen molar-refractivity contribution in [2.75, 3.05) is 13.7 Å². The van der Waals surface area contributed by atoms with Crippen molar-refractivity contribution in [1.82, 2.24) is 14.5 Å². The van der Waals surface area contributed by atoms with Gasteiger partial charge in [0.2, 0.25) is 0 Å². The second kappa shape index (κ2) is 4.82. The average Bonchev–Trinajstić information content (AvgIpc) is 2.70. The Labute approximate surface area is 100 Å². The monoisotopic (exact) mass is 260 g/mol. The SMILES string of the molecule is CO[C@H]1COc2c([S+]([O-])NC(N)=O)cnn2C1. The Morgan fingerprint density at radius 3 is 3.29 bits per heavy atom. The molecular weight excluding hydrogens is 248 g/mol. The van der Waals surface area contributed by atoms with Gasteiger partial charge in [-0.3, -0.25) is 0 Å². The molecule has 8 nitrogen and oxygen atoms in total. The van der Waals surface area contributed by atoms with E-state index in [1.54, 1.807) is 7.11 Å². The van der Waals surface area contributed by atoms with Crippen molar-refractivity contribution in [3.05, 3.63) is 6.20 Å². The molecule has 0 radical (unpaired) electrons. The molecule has 0 aliphatic carbocycles. The number of carbonyl (C=O) groups excluding carboxylic acids is 1. The van der Waals surface area contributed by atoms with Crippen LogP contribution in [0.1, 0.15) is 0 Å². The highest BCUT2D eigenvalue weighted by molar-refractivity contribution is 7.90. The van der Waals surface area contributed by atoms with E-state index in [-0.39, 0.29) is 6.10 Å². The first kappa shape index (κ1) is 12.0. The standard InChI is InChI=1S/C8H12N4O4S/c1-15-5-3-12-7(16-4-5)6(2-10-12)17(14)11-8(9)13/h2,5H,3-4H2,1H3,(H3,9,11,13)/t5-,17?/m1/s1. The van der Waals surface area contributed by atoms with Gasteiger partial charge in [0.05, 0.1) is 6.54 Å². The van der Waals surface area contributed by atoms with Crippen LogP contribution in [0, 0.1) is 0 Å². The summed E-state index contributed by atoms with van der Waals surface area (Å²) in [6.45, 7) is 0.864. The lowest BCUT2D eigenvalue weighted by Crippen LogP contribution is -2.36. The molecule has 94 valence electrons. The van der Waals surface area contributed by atoms with Gasteiger partial charge in [-0.1, -0.05) is 0 Å². The summed E-state index contributed by atoms with van der Waals surface area (Å²) in [7, 11) is 1.58. The van der Waals surface area contributed by atoms with Crippen LogP contribution < -0.4 is 15.2 Å². The number of nitrogens with two attached hydrogens (primary N) is 1. The van der Waals surface area contributed by atoms with Gasteiger partial charge < -0.3 is 19.8 Å². The summed E-state index contributed by atoms with van der Waals surface area (Å²) >= 11 is -1.76. The van der Waals surface area contributed by atoms with Crippen molar-refractivity contribution in [2.45, 2.75) is 17.5 Å². The zero-order valence-electron chi connectivity index (χ0n) is 9.08. The number of nitrogens with one attached hydrogen (secondary N) is 1. The van der Waals surface area contributed by atoms with Crippen LogP contribution in [0.2, 0.25) is 0 Å². The second-order valence-corrected chi connectivity index (χ2v) is 4.58. The molecule has 3 N–H and O–H groups in total. The number of fused-ring (bicyclic) bond motifs is 1. The van der Waals surface area contributed by atoms with Gasteiger partial charge in [-0.2, -0.15) is 5.10 Å². The summed E-state index contributed by atoms with van der Waals surface area (Å²) in [6.07, 6.45) is 1.28. The smallest absolute Gasteiger partial charge is 0.353 e. The van der Waals surface area contributed by atoms with Crippen molar-refractivity contribution < 1.29 is 18.8 Å². The topological polar surface area (TPSA) is 114 Å². The summed E-state index contributed by atoms with van der Waals surface area (Å²) in [5, 5.41) is 4.01. The first-order valence-electron chi connectivity index (χ1n) is 4.81. The molecule has 1 aromatic rings. The molecule has 0 spiro atoms. The lowest BCUT2D eigenvalue weighted by Gasteiger charge is -2.22. The maximum absolute atomic E-state index is 11.7. The molecular formula is C8H12N4O4S. The Hall–Kier alpha value is -1.45. The van der Waals surface area contributed by atoms with Crippen LogP contribution >= 0.6 is 0 Å². The van der Waals surface area contributed by atoms with Crippen molar-refractivity contribution in [2.24, 2.45) is 5.73 Å². The number of rotatable bonds is 3. The fourth-order valence-electron chi connectivity index (χ4n) is 1.47. The number of ether oxygens (including phenoxy) is 2. The summed E-state index contributed by atoms with van der Waals surface area (Å²) in [5.41, 5.74) is 4.89. The number of hydrogen-bond acceptors (Lipinski definition) is 5. The summed E-state index contributed by atoms with van der Waals surface area (Å²) in [4.78, 5) is 10.9. The van der Waals surface area contributed by atoms with E-state index in [9.17, 15) is 9.35 Å². The third kappa shape index (κ3) is 2.46. The minimum Gasteiger partial charge on any atom is -0.588 e. The number of urea groups is 1. The number of hydrogen-bond donors (Lipinski definition) is 2. The molecule has 1 aliphatic heterocycles. The number of carbonyl (C=O) groups is 1. The van der Waals surface area contributed by atoms with E-state index in [4.69, 9.17) is 15.2 Å². The quantitative estimate of drug-likeness (QED) is 0.675. The Morgan fingerprint density at radius 2 is 2.65 bits per heavy atom. The molecule has 1 aromatic heterocycles. The third-order valence-electron chi connectivity index (χ3n) is 2.27. The number of aromatic nitrogens is 2. The highest BCUT2D eigenvalue weighted by atomic mass is 32.2. The van der Waals surface area contributed by atoms with Crippen molar-refractivity contribution in [3.8, 4) is 5.88 Å². The van der Waals surface area contributed by atoms with E-state index < -0.39 is 17.4 Å². The van der Waals surface area contributed by atoms with Crippen LogP contribution in [-0.4, -0.2) is 40.2 Å². The van der Waals surface area contributed by atoms with E-state index in [2.05, 4.69) is 9.82 Å². The molecule has 0 saturated heterocycles. The van der Waals surface area contributed by atoms with Crippen LogP contribution in [0.5, 0.6) is 5.88 Å². The highest BCUT2D eigenvalue weighted by Crippen LogP contribution is 2.26. The first-order valence-corrected chi connectivity index (χ1v) is 5.96. The molecule has 0 bridgehead atoms. The molecule has 0 fully saturated rings. The van der Waals surface area contributed by atoms with Gasteiger partial charge in [-0.05, 0) is 0 Å². The fraction of sp³-hybridized carbons (Fsp3) is 0.500. The fourth-order valence-corrected chi connectivity index (χ4v) is 2.22. The average molecular weight is 260 g/mol. The molecule has 1 unspecified atom stereocenters. The Kier molecular flexibility index (Phi) is 3.41. The van der Waals surface area contributed by atoms with Gasteiger partial charge in [0.1, 0.15) is 30.3 Å². The Morgan fingerprint density at radius 1 is 1.88 bits per heavy atom. The molecule has 2 rings (SSSR count). The maximum atomic E-state index is 11.7. The third-order valence-corrected chi connectivity index (χ3v) is 3.33. The zero-order valence-corrected chi connectivity index (χ0v) is 9.90. The first-order chi connectivity index (χ1) is 8.11. The molecule has 2 heterocycles. The predicted molar refractivity (Wildman–Crippen MR) is 57.6 cm³/mol. The van der Waals surface area contributed by atoms with Crippen LogP contribution in [0.25, 0.3) is 0 Å². The van der Waals surface area contributed by atoms with Gasteiger partial charge in [-0.25, -0.2) is 9.48 Å². The minimum absolute atomic E-state index is 0.0900. The number of amides is 2. The lowest BCUT2D eigenvalue weighted by molar-refractivity contribution is 0.0165. The van der Waals surface area contributed by atoms with E-state index in [1.165, 1.54) is 10.9 Å². The van der Waals surface area contributed by atoms with Crippen molar-refractivity contribution >= 4 is 17.4 Å². The van der Waals surface area contributed by atoms with E-state index in [0.717, 1.165) is 0 Å². The van der Waals surface area contributed by atoms with Gasteiger partial charge >= 0.3 is 6.03 Å². The van der Waals surface area contributed by atoms with E-state index in [1.807, 2.05) is 0 Å². The summed E-state index contributed by atoms with van der Waals surface area (Å²) in [5.74, 6) is 0.366. The number of methoxy groups -OCH3 is 1. The molecule has 17 heavy (non-hydrogen) atoms. The Balaban J connectivity index is 2.16. The van der Waals surface area contributed by atoms with Crippen molar-refractivity contribution in [1.29, 1.82) is 0 Å². The predicted octanol–water partition coefficient (Wildman–Crippen LogP) is -1.02. The molecule has 0 saturated carbocycles. The van der Waals surface area contributed by atoms with E-state index in [0.29, 0.717) is 23.9 Å².